The number of amides is 2. The number of aromatic nitrogens is 1. The summed E-state index contributed by atoms with van der Waals surface area (Å²) >= 11 is 1.75. The summed E-state index contributed by atoms with van der Waals surface area (Å²) in [5.74, 6) is -0.0597. The van der Waals surface area contributed by atoms with Crippen molar-refractivity contribution in [3.8, 4) is 0 Å². The van der Waals surface area contributed by atoms with Gasteiger partial charge >= 0.3 is 0 Å². The first-order chi connectivity index (χ1) is 11.6. The third kappa shape index (κ3) is 4.20. The number of carbonyl (C=O) groups is 2. The van der Waals surface area contributed by atoms with E-state index in [0.29, 0.717) is 13.1 Å². The lowest BCUT2D eigenvalue weighted by molar-refractivity contribution is -0.134. The first-order valence-electron chi connectivity index (χ1n) is 8.14. The monoisotopic (exact) mass is 343 g/mol. The van der Waals surface area contributed by atoms with E-state index in [2.05, 4.69) is 21.7 Å². The zero-order valence-corrected chi connectivity index (χ0v) is 14.6. The van der Waals surface area contributed by atoms with Gasteiger partial charge in [-0.3, -0.25) is 14.6 Å². The van der Waals surface area contributed by atoms with E-state index in [9.17, 15) is 9.59 Å². The molecule has 1 N–H and O–H groups in total. The molecule has 0 atom stereocenters. The Morgan fingerprint density at radius 3 is 3.00 bits per heavy atom. The standard InChI is InChI=1S/C18H21N3O2S/c1-13-3-2-4-15(20-13)11-19-17(22)5-6-18(23)21-9-7-16-14(12-21)8-10-24-16/h2-4,8,10H,5-7,9,11-12H2,1H3,(H,19,22). The third-order valence-corrected chi connectivity index (χ3v) is 5.16. The number of carbonyl (C=O) groups excluding carboxylic acids is 2. The summed E-state index contributed by atoms with van der Waals surface area (Å²) in [7, 11) is 0. The van der Waals surface area contributed by atoms with Gasteiger partial charge in [0, 0.05) is 36.5 Å². The molecule has 126 valence electrons. The van der Waals surface area contributed by atoms with Crippen LogP contribution in [-0.2, 0) is 29.1 Å². The van der Waals surface area contributed by atoms with E-state index in [4.69, 9.17) is 0 Å². The molecule has 0 aromatic carbocycles. The fourth-order valence-corrected chi connectivity index (χ4v) is 3.71. The highest BCUT2D eigenvalue weighted by atomic mass is 32.1. The van der Waals surface area contributed by atoms with Crippen LogP contribution in [0, 0.1) is 6.92 Å². The Morgan fingerprint density at radius 1 is 1.29 bits per heavy atom. The van der Waals surface area contributed by atoms with Crippen molar-refractivity contribution < 1.29 is 9.59 Å². The Balaban J connectivity index is 1.42. The number of hydrogen-bond donors (Lipinski definition) is 1. The highest BCUT2D eigenvalue weighted by Crippen LogP contribution is 2.24. The van der Waals surface area contributed by atoms with E-state index in [0.717, 1.165) is 24.4 Å². The highest BCUT2D eigenvalue weighted by molar-refractivity contribution is 7.10. The predicted molar refractivity (Wildman–Crippen MR) is 93.5 cm³/mol. The lowest BCUT2D eigenvalue weighted by Gasteiger charge is -2.27. The van der Waals surface area contributed by atoms with Crippen molar-refractivity contribution in [3.63, 3.8) is 0 Å². The van der Waals surface area contributed by atoms with Gasteiger partial charge in [-0.15, -0.1) is 11.3 Å². The summed E-state index contributed by atoms with van der Waals surface area (Å²) in [6.07, 6.45) is 1.40. The number of aryl methyl sites for hydroxylation is 1. The Morgan fingerprint density at radius 2 is 2.17 bits per heavy atom. The van der Waals surface area contributed by atoms with Crippen molar-refractivity contribution >= 4 is 23.2 Å². The maximum absolute atomic E-state index is 12.3. The van der Waals surface area contributed by atoms with Crippen LogP contribution in [-0.4, -0.2) is 28.2 Å². The summed E-state index contributed by atoms with van der Waals surface area (Å²) in [6, 6.07) is 7.80. The molecule has 0 unspecified atom stereocenters. The highest BCUT2D eigenvalue weighted by Gasteiger charge is 2.21. The topological polar surface area (TPSA) is 62.3 Å². The van der Waals surface area contributed by atoms with Gasteiger partial charge in [0.05, 0.1) is 12.2 Å². The van der Waals surface area contributed by atoms with E-state index in [1.807, 2.05) is 30.0 Å². The minimum absolute atomic E-state index is 0.0516. The van der Waals surface area contributed by atoms with Crippen LogP contribution < -0.4 is 5.32 Å². The third-order valence-electron chi connectivity index (χ3n) is 4.14. The fourth-order valence-electron chi connectivity index (χ4n) is 2.82. The number of rotatable bonds is 5. The van der Waals surface area contributed by atoms with Crippen LogP contribution in [0.4, 0.5) is 0 Å². The Labute approximate surface area is 145 Å². The summed E-state index contributed by atoms with van der Waals surface area (Å²) in [5, 5.41) is 4.90. The lowest BCUT2D eigenvalue weighted by Crippen LogP contribution is -2.36. The van der Waals surface area contributed by atoms with Crippen LogP contribution in [0.3, 0.4) is 0 Å². The van der Waals surface area contributed by atoms with Gasteiger partial charge in [-0.05, 0) is 42.5 Å². The van der Waals surface area contributed by atoms with Crippen LogP contribution >= 0.6 is 11.3 Å². The first kappa shape index (κ1) is 16.6. The minimum Gasteiger partial charge on any atom is -0.350 e. The zero-order chi connectivity index (χ0) is 16.9. The number of thiophene rings is 1. The smallest absolute Gasteiger partial charge is 0.223 e. The Hall–Kier alpha value is -2.21. The second-order valence-corrected chi connectivity index (χ2v) is 6.98. The van der Waals surface area contributed by atoms with Gasteiger partial charge in [0.25, 0.3) is 0 Å². The second kappa shape index (κ2) is 7.57. The van der Waals surface area contributed by atoms with Gasteiger partial charge in [0.15, 0.2) is 0 Å². The molecule has 24 heavy (non-hydrogen) atoms. The molecule has 0 fully saturated rings. The van der Waals surface area contributed by atoms with E-state index in [1.165, 1.54) is 10.4 Å². The average Bonchev–Trinajstić information content (AvgIpc) is 3.05. The number of fused-ring (bicyclic) bond motifs is 1. The Bertz CT molecular complexity index is 741. The summed E-state index contributed by atoms with van der Waals surface area (Å²) in [5.41, 5.74) is 3.00. The molecule has 3 heterocycles. The van der Waals surface area contributed by atoms with Crippen molar-refractivity contribution in [2.24, 2.45) is 0 Å². The molecule has 2 amide bonds. The average molecular weight is 343 g/mol. The van der Waals surface area contributed by atoms with Crippen LogP contribution in [0.2, 0.25) is 0 Å². The maximum atomic E-state index is 12.3. The molecule has 6 heteroatoms. The predicted octanol–water partition coefficient (Wildman–Crippen LogP) is 2.43. The zero-order valence-electron chi connectivity index (χ0n) is 13.7. The first-order valence-corrected chi connectivity index (χ1v) is 9.02. The van der Waals surface area contributed by atoms with Gasteiger partial charge in [0.1, 0.15) is 0 Å². The molecule has 0 aliphatic carbocycles. The number of nitrogens with one attached hydrogen (secondary N) is 1. The van der Waals surface area contributed by atoms with Crippen molar-refractivity contribution in [2.45, 2.75) is 39.3 Å². The molecule has 0 saturated carbocycles. The molecule has 0 radical (unpaired) electrons. The maximum Gasteiger partial charge on any atom is 0.223 e. The molecule has 0 bridgehead atoms. The molecule has 1 aliphatic rings. The molecule has 2 aromatic rings. The van der Waals surface area contributed by atoms with E-state index < -0.39 is 0 Å². The molecule has 3 rings (SSSR count). The van der Waals surface area contributed by atoms with E-state index in [1.54, 1.807) is 11.3 Å². The largest absolute Gasteiger partial charge is 0.350 e. The van der Waals surface area contributed by atoms with Gasteiger partial charge in [-0.2, -0.15) is 0 Å². The fraction of sp³-hybridized carbons (Fsp3) is 0.389. The molecule has 1 aliphatic heterocycles. The number of pyridine rings is 1. The van der Waals surface area contributed by atoms with Crippen molar-refractivity contribution in [1.29, 1.82) is 0 Å². The summed E-state index contributed by atoms with van der Waals surface area (Å²) in [6.45, 7) is 3.74. The molecular weight excluding hydrogens is 322 g/mol. The summed E-state index contributed by atoms with van der Waals surface area (Å²) in [4.78, 5) is 31.8. The molecule has 5 nitrogen and oxygen atoms in total. The van der Waals surface area contributed by atoms with Gasteiger partial charge in [-0.1, -0.05) is 6.07 Å². The quantitative estimate of drug-likeness (QED) is 0.907. The lowest BCUT2D eigenvalue weighted by atomic mass is 10.1. The van der Waals surface area contributed by atoms with Crippen LogP contribution in [0.1, 0.15) is 34.7 Å². The molecule has 0 saturated heterocycles. The van der Waals surface area contributed by atoms with Crippen LogP contribution in [0.25, 0.3) is 0 Å². The van der Waals surface area contributed by atoms with Gasteiger partial charge in [-0.25, -0.2) is 0 Å². The molecule has 2 aromatic heterocycles. The SMILES string of the molecule is Cc1cccc(CNC(=O)CCC(=O)N2CCc3sccc3C2)n1. The normalized spacial score (nSPS) is 13.5. The summed E-state index contributed by atoms with van der Waals surface area (Å²) < 4.78 is 0. The van der Waals surface area contributed by atoms with Crippen LogP contribution in [0.15, 0.2) is 29.6 Å². The van der Waals surface area contributed by atoms with Gasteiger partial charge < -0.3 is 10.2 Å². The van der Waals surface area contributed by atoms with E-state index in [-0.39, 0.29) is 24.7 Å². The molecule has 0 spiro atoms. The number of hydrogen-bond acceptors (Lipinski definition) is 4. The van der Waals surface area contributed by atoms with Gasteiger partial charge in [0.2, 0.25) is 11.8 Å². The van der Waals surface area contributed by atoms with E-state index >= 15 is 0 Å². The molecular formula is C18H21N3O2S. The van der Waals surface area contributed by atoms with Crippen molar-refractivity contribution in [3.05, 3.63) is 51.5 Å². The number of nitrogens with zero attached hydrogens (tertiary/aromatic N) is 2. The van der Waals surface area contributed by atoms with Crippen molar-refractivity contribution in [2.75, 3.05) is 6.54 Å². The van der Waals surface area contributed by atoms with Crippen molar-refractivity contribution in [1.82, 2.24) is 15.2 Å². The Kier molecular flexibility index (Phi) is 5.25. The second-order valence-electron chi connectivity index (χ2n) is 5.98. The van der Waals surface area contributed by atoms with Crippen LogP contribution in [0.5, 0.6) is 0 Å². The minimum atomic E-state index is -0.111.